The van der Waals surface area contributed by atoms with Gasteiger partial charge >= 0.3 is 5.97 Å². The minimum Gasteiger partial charge on any atom is -0.508 e. The molecule has 1 aromatic heterocycles. The molecule has 4 unspecified atom stereocenters. The zero-order valence-corrected chi connectivity index (χ0v) is 73.1. The molecule has 2 heterocycles. The minimum atomic E-state index is -2.07. The van der Waals surface area contributed by atoms with Gasteiger partial charge < -0.3 is 106 Å². The Labute approximate surface area is 727 Å². The van der Waals surface area contributed by atoms with Gasteiger partial charge in [-0.15, -0.1) is 0 Å². The summed E-state index contributed by atoms with van der Waals surface area (Å²) < 4.78 is 0. The van der Waals surface area contributed by atoms with Crippen molar-refractivity contribution in [3.8, 4) is 5.75 Å². The number of nitrogens with two attached hydrogens (primary N) is 2. The number of fused-ring (bicyclic) bond motifs is 1. The number of para-hydroxylation sites is 1. The highest BCUT2D eigenvalue weighted by molar-refractivity contribution is 6.41. The summed E-state index contributed by atoms with van der Waals surface area (Å²) in [4.78, 5) is 243. The van der Waals surface area contributed by atoms with E-state index in [-0.39, 0.29) is 75.5 Å². The molecular formula is C88H128N16O21. The predicted octanol–water partition coefficient (Wildman–Crippen LogP) is 0.843. The van der Waals surface area contributed by atoms with Gasteiger partial charge in [-0.3, -0.25) is 81.5 Å². The molecule has 3 aromatic carbocycles. The van der Waals surface area contributed by atoms with Crippen molar-refractivity contribution in [1.82, 2.24) is 74.1 Å². The number of ketones is 2. The lowest BCUT2D eigenvalue weighted by Crippen LogP contribution is -2.65. The van der Waals surface area contributed by atoms with Crippen LogP contribution in [0.5, 0.6) is 5.75 Å². The SMILES string of the molecule is CC(=O)N[C@@H](CC(C)C)C(=O)N[C@H](C(=O)N[C@@H](Cc1ccccc1)C(=O)N[C@]1(C)CCCCCC/C=C\CCC[C@@](C)(C(=O)NC(CO)C(=O)N[C@@H](C)C(=O)NC(C)C(N)=O)NC(=O)[C@H](CCC(C)C)CN[C@@H](CCC(N)=O)C(=O)C(=O)C(C)NC(=O)[C@H](Cc2c[nH]c3ccccc23)NC(=O)C(Cc2ccc(O)cc2)NC(=O)[C@H](CCC(=O)O)NC1=O)[C@@H](C)O. The number of amides is 14. The molecule has 0 aliphatic carbocycles. The number of benzene rings is 3. The summed E-state index contributed by atoms with van der Waals surface area (Å²) in [6, 6.07) is 3.62. The van der Waals surface area contributed by atoms with Gasteiger partial charge in [0.15, 0.2) is 0 Å². The Morgan fingerprint density at radius 2 is 1.16 bits per heavy atom. The van der Waals surface area contributed by atoms with Crippen molar-refractivity contribution in [1.29, 1.82) is 0 Å². The number of phenolic OH excluding ortho intramolecular Hbond substituents is 1. The highest BCUT2D eigenvalue weighted by Crippen LogP contribution is 2.25. The summed E-state index contributed by atoms with van der Waals surface area (Å²) in [6.07, 6.45) is 3.42. The van der Waals surface area contributed by atoms with Crippen molar-refractivity contribution in [3.63, 3.8) is 0 Å². The van der Waals surface area contributed by atoms with Crippen LogP contribution in [0.25, 0.3) is 10.9 Å². The Kier molecular flexibility index (Phi) is 42.0. The Balaban J connectivity index is 1.66. The number of hydrogen-bond acceptors (Lipinski definition) is 21. The number of H-pyrrole nitrogens is 1. The maximum atomic E-state index is 15.5. The molecule has 1 aliphatic heterocycles. The maximum Gasteiger partial charge on any atom is 0.303 e. The van der Waals surface area contributed by atoms with E-state index in [1.807, 2.05) is 26.0 Å². The summed E-state index contributed by atoms with van der Waals surface area (Å²) in [7, 11) is 0. The van der Waals surface area contributed by atoms with E-state index in [0.717, 1.165) is 0 Å². The van der Waals surface area contributed by atoms with Crippen LogP contribution in [0, 0.1) is 17.8 Å². The maximum absolute atomic E-state index is 15.5. The number of aromatic hydroxyl groups is 1. The van der Waals surface area contributed by atoms with E-state index >= 15 is 28.8 Å². The number of aliphatic hydroxyl groups excluding tert-OH is 2. The molecule has 125 heavy (non-hydrogen) atoms. The lowest BCUT2D eigenvalue weighted by Gasteiger charge is -2.34. The van der Waals surface area contributed by atoms with E-state index in [1.165, 1.54) is 72.7 Å². The van der Waals surface area contributed by atoms with Crippen LogP contribution in [0.3, 0.4) is 0 Å². The van der Waals surface area contributed by atoms with Crippen LogP contribution in [0.1, 0.15) is 196 Å². The van der Waals surface area contributed by atoms with Crippen molar-refractivity contribution >= 4 is 111 Å². The molecule has 22 N–H and O–H groups in total. The smallest absolute Gasteiger partial charge is 0.303 e. The Morgan fingerprint density at radius 1 is 0.560 bits per heavy atom. The van der Waals surface area contributed by atoms with Gasteiger partial charge in [0.25, 0.3) is 0 Å². The first-order valence-electron chi connectivity index (χ1n) is 42.5. The molecule has 0 saturated heterocycles. The molecule has 0 radical (unpaired) electrons. The van der Waals surface area contributed by atoms with Gasteiger partial charge in [0.1, 0.15) is 71.2 Å². The van der Waals surface area contributed by atoms with Crippen LogP contribution in [0.15, 0.2) is 97.2 Å². The summed E-state index contributed by atoms with van der Waals surface area (Å²) >= 11 is 0. The second-order valence-electron chi connectivity index (χ2n) is 33.5. The highest BCUT2D eigenvalue weighted by atomic mass is 16.4. The second kappa shape index (κ2) is 50.7. The number of rotatable bonds is 33. The molecule has 0 fully saturated rings. The number of nitrogens with one attached hydrogen (secondary N) is 14. The van der Waals surface area contributed by atoms with Crippen molar-refractivity contribution in [2.75, 3.05) is 13.2 Å². The minimum absolute atomic E-state index is 0.0219. The largest absolute Gasteiger partial charge is 0.508 e. The van der Waals surface area contributed by atoms with Gasteiger partial charge in [-0.1, -0.05) is 126 Å². The molecule has 686 valence electrons. The van der Waals surface area contributed by atoms with Crippen molar-refractivity contribution < 1.29 is 102 Å². The normalized spacial score (nSPS) is 22.4. The number of carboxylic acid groups (broad SMARTS) is 1. The number of carboxylic acids is 1. The first-order chi connectivity index (χ1) is 58.9. The van der Waals surface area contributed by atoms with Crippen LogP contribution in [0.2, 0.25) is 0 Å². The van der Waals surface area contributed by atoms with E-state index < -0.39 is 229 Å². The van der Waals surface area contributed by atoms with E-state index in [2.05, 4.69) is 74.1 Å². The lowest BCUT2D eigenvalue weighted by molar-refractivity contribution is -0.140. The number of carbonyl (C=O) groups excluding carboxylic acids is 16. The van der Waals surface area contributed by atoms with Crippen molar-refractivity contribution in [2.45, 2.75) is 282 Å². The lowest BCUT2D eigenvalue weighted by atomic mass is 9.90. The Hall–Kier alpha value is -12.0. The average Bonchev–Trinajstić information content (AvgIpc) is 1.72. The molecule has 37 heteroatoms. The first kappa shape index (κ1) is 104. The van der Waals surface area contributed by atoms with Gasteiger partial charge in [-0.25, -0.2) is 0 Å². The first-order valence-corrected chi connectivity index (χ1v) is 42.5. The number of aromatic nitrogens is 1. The van der Waals surface area contributed by atoms with Gasteiger partial charge in [0, 0.05) is 62.7 Å². The monoisotopic (exact) mass is 1740 g/mol. The number of phenols is 1. The topological polar surface area (TPSA) is 595 Å². The quantitative estimate of drug-likeness (QED) is 0.0232. The van der Waals surface area contributed by atoms with Crippen LogP contribution in [-0.2, 0) is 101 Å². The fourth-order valence-corrected chi connectivity index (χ4v) is 14.1. The molecule has 4 aromatic rings. The zero-order chi connectivity index (χ0) is 93.0. The molecular weight excluding hydrogens is 1620 g/mol. The molecule has 0 saturated carbocycles. The molecule has 14 amide bonds. The Morgan fingerprint density at radius 3 is 1.78 bits per heavy atom. The number of aromatic amines is 1. The summed E-state index contributed by atoms with van der Waals surface area (Å²) in [6.45, 7) is 15.0. The number of aliphatic carboxylic acids is 1. The second-order valence-corrected chi connectivity index (χ2v) is 33.5. The third-order valence-corrected chi connectivity index (χ3v) is 21.6. The molecule has 0 spiro atoms. The van der Waals surface area contributed by atoms with Crippen LogP contribution < -0.4 is 80.6 Å². The van der Waals surface area contributed by atoms with Gasteiger partial charge in [-0.05, 0) is 152 Å². The summed E-state index contributed by atoms with van der Waals surface area (Å²) in [5.41, 5.74) is 8.84. The molecule has 0 bridgehead atoms. The third-order valence-electron chi connectivity index (χ3n) is 21.6. The molecule has 1 aliphatic rings. The van der Waals surface area contributed by atoms with Crippen molar-refractivity contribution in [3.05, 3.63) is 114 Å². The van der Waals surface area contributed by atoms with E-state index in [4.69, 9.17) is 11.5 Å². The molecule has 37 nitrogen and oxygen atoms in total. The van der Waals surface area contributed by atoms with Gasteiger partial charge in [-0.2, -0.15) is 0 Å². The molecule has 5 rings (SSSR count). The standard InChI is InChI=1S/C88H128N16O21/c1-49(2)30-33-58-46-92-63(36-38-70(89)109)74(113)73(112)51(5)93-79(118)68(45-59-47-91-62-29-23-22-28-61(59)62)98-80(119)66(44-57-31-34-60(108)35-32-57)97-78(117)64(37-39-71(110)111)100-85(124)88(11,104-83(122)67(43-56-26-20-19-21-27-56)99-84(123)72(54(8)106)102-81(120)65(42-50(3)4)96-55(9)107)41-25-18-16-14-12-13-15-17-24-40-87(10,103-77(58)116)86(125)101-69(48-105)82(121)95-53(7)76(115)94-52(6)75(90)114/h13,15,19-23,26-29,31-32,34-35,47,49-54,58,63-69,72,91-92,105-106,108H,12,14,16-18,24-25,30,33,36-46,48H2,1-11H3,(H2,89,109)(H2,90,114)(H,93,118)(H,94,115)(H,95,121)(H,96,107)(H,97,117)(H,98,119)(H,99,123)(H,100,124)(H,101,125)(H,102,120)(H,103,116)(H,104,122)(H,110,111)/b15-13-/t51?,52?,53-,54+,58+,63-,64-,65-,66?,67-,68-,69?,72-,87-,88+/m0/s1. The van der Waals surface area contributed by atoms with E-state index in [0.29, 0.717) is 66.1 Å². The van der Waals surface area contributed by atoms with E-state index in [1.54, 1.807) is 74.6 Å². The number of aliphatic hydroxyl groups is 2. The Bertz CT molecular complexity index is 4420. The molecule has 15 atom stereocenters. The van der Waals surface area contributed by atoms with Crippen LogP contribution >= 0.6 is 0 Å². The average molecular weight is 1750 g/mol. The fraction of sp³-hybridized carbons (Fsp3) is 0.557. The predicted molar refractivity (Wildman–Crippen MR) is 462 cm³/mol. The number of carbonyl (C=O) groups is 17. The third kappa shape index (κ3) is 34.6. The van der Waals surface area contributed by atoms with Gasteiger partial charge in [0.05, 0.1) is 30.7 Å². The van der Waals surface area contributed by atoms with Gasteiger partial charge in [0.2, 0.25) is 94.3 Å². The number of hydrogen-bond donors (Lipinski definition) is 20. The zero-order valence-electron chi connectivity index (χ0n) is 73.1. The summed E-state index contributed by atoms with van der Waals surface area (Å²) in [5.74, 6) is -18.2. The summed E-state index contributed by atoms with van der Waals surface area (Å²) in [5, 5.41) is 76.9. The number of allylic oxidation sites excluding steroid dienone is 2. The van der Waals surface area contributed by atoms with E-state index in [9.17, 15) is 73.2 Å². The fourth-order valence-electron chi connectivity index (χ4n) is 14.1. The van der Waals surface area contributed by atoms with Crippen LogP contribution in [-0.4, -0.2) is 222 Å². The number of primary amides is 2. The number of Topliss-reactive ketones (excluding diaryl/α,β-unsaturated/α-hetero) is 2. The van der Waals surface area contributed by atoms with Crippen LogP contribution in [0.4, 0.5) is 0 Å². The highest BCUT2D eigenvalue weighted by Gasteiger charge is 2.44. The van der Waals surface area contributed by atoms with Crippen molar-refractivity contribution in [2.24, 2.45) is 29.2 Å².